The van der Waals surface area contributed by atoms with Gasteiger partial charge in [-0.15, -0.1) is 27.7 Å². The Balaban J connectivity index is 3.78. The molecule has 0 unspecified atom stereocenters. The van der Waals surface area contributed by atoms with Crippen LogP contribution >= 0.6 is 7.92 Å². The molecule has 128 valence electrons. The van der Waals surface area contributed by atoms with Crippen LogP contribution in [-0.2, 0) is 0 Å². The van der Waals surface area contributed by atoms with Crippen molar-refractivity contribution >= 4 is 7.92 Å². The minimum atomic E-state index is 0.299. The maximum Gasteiger partial charge on any atom is -0.0326 e. The molecule has 0 aliphatic rings. The van der Waals surface area contributed by atoms with Gasteiger partial charge in [0, 0.05) is 0 Å². The summed E-state index contributed by atoms with van der Waals surface area (Å²) in [6.07, 6.45) is 26.8. The van der Waals surface area contributed by atoms with Crippen molar-refractivity contribution in [2.45, 2.75) is 77.0 Å². The van der Waals surface area contributed by atoms with E-state index in [0.29, 0.717) is 7.92 Å². The molecule has 0 amide bonds. The summed E-state index contributed by atoms with van der Waals surface area (Å²) in [5.41, 5.74) is 0. The van der Waals surface area contributed by atoms with Crippen molar-refractivity contribution < 1.29 is 0 Å². The SMILES string of the molecule is C=CCCCCCP(CCCCCC=C)CCCCCC=C. The topological polar surface area (TPSA) is 0 Å². The van der Waals surface area contributed by atoms with Crippen LogP contribution in [0, 0.1) is 0 Å². The van der Waals surface area contributed by atoms with E-state index in [1.807, 2.05) is 0 Å². The van der Waals surface area contributed by atoms with Crippen LogP contribution < -0.4 is 0 Å². The Morgan fingerprint density at radius 1 is 0.455 bits per heavy atom. The van der Waals surface area contributed by atoms with E-state index in [1.54, 1.807) is 0 Å². The lowest BCUT2D eigenvalue weighted by molar-refractivity contribution is 0.712. The molecule has 0 bridgehead atoms. The van der Waals surface area contributed by atoms with Gasteiger partial charge in [-0.1, -0.05) is 37.5 Å². The van der Waals surface area contributed by atoms with Crippen molar-refractivity contribution in [3.63, 3.8) is 0 Å². The van der Waals surface area contributed by atoms with Crippen LogP contribution in [0.5, 0.6) is 0 Å². The first-order chi connectivity index (χ1) is 10.8. The normalized spacial score (nSPS) is 10.8. The maximum atomic E-state index is 3.81. The molecule has 0 saturated heterocycles. The van der Waals surface area contributed by atoms with Crippen LogP contribution in [0.15, 0.2) is 38.0 Å². The van der Waals surface area contributed by atoms with Gasteiger partial charge in [0.15, 0.2) is 0 Å². The molecule has 0 N–H and O–H groups in total. The van der Waals surface area contributed by atoms with Gasteiger partial charge in [-0.25, -0.2) is 0 Å². The Labute approximate surface area is 141 Å². The molecule has 0 aliphatic carbocycles. The van der Waals surface area contributed by atoms with Gasteiger partial charge in [-0.2, -0.15) is 0 Å². The van der Waals surface area contributed by atoms with Gasteiger partial charge in [0.1, 0.15) is 0 Å². The van der Waals surface area contributed by atoms with Crippen LogP contribution in [0.1, 0.15) is 77.0 Å². The molecule has 0 atom stereocenters. The van der Waals surface area contributed by atoms with Crippen molar-refractivity contribution in [3.05, 3.63) is 38.0 Å². The third-order valence-corrected chi connectivity index (χ3v) is 6.99. The average molecular weight is 323 g/mol. The molecular weight excluding hydrogens is 283 g/mol. The molecule has 22 heavy (non-hydrogen) atoms. The Morgan fingerprint density at radius 2 is 0.773 bits per heavy atom. The van der Waals surface area contributed by atoms with Gasteiger partial charge in [0.25, 0.3) is 0 Å². The number of unbranched alkanes of at least 4 members (excludes halogenated alkanes) is 9. The summed E-state index contributed by atoms with van der Waals surface area (Å²) in [5, 5.41) is 0. The maximum absolute atomic E-state index is 3.81. The predicted octanol–water partition coefficient (Wildman–Crippen LogP) is 7.71. The Bertz CT molecular complexity index is 214. The van der Waals surface area contributed by atoms with Crippen LogP contribution in [-0.4, -0.2) is 18.5 Å². The van der Waals surface area contributed by atoms with E-state index in [0.717, 1.165) is 0 Å². The zero-order valence-electron chi connectivity index (χ0n) is 14.9. The summed E-state index contributed by atoms with van der Waals surface area (Å²) in [7, 11) is 0.299. The molecule has 0 fully saturated rings. The summed E-state index contributed by atoms with van der Waals surface area (Å²) in [4.78, 5) is 0. The van der Waals surface area contributed by atoms with Crippen molar-refractivity contribution in [1.29, 1.82) is 0 Å². The van der Waals surface area contributed by atoms with Crippen molar-refractivity contribution in [2.75, 3.05) is 18.5 Å². The standard InChI is InChI=1S/C21H39P/c1-4-7-10-13-16-19-22(20-17-14-11-8-5-2)21-18-15-12-9-6-3/h4-6H,1-3,7-21H2. The fourth-order valence-electron chi connectivity index (χ4n) is 2.74. The van der Waals surface area contributed by atoms with E-state index < -0.39 is 0 Å². The van der Waals surface area contributed by atoms with Crippen LogP contribution in [0.2, 0.25) is 0 Å². The van der Waals surface area contributed by atoms with Gasteiger partial charge in [0.05, 0.1) is 0 Å². The van der Waals surface area contributed by atoms with Gasteiger partial charge >= 0.3 is 0 Å². The fourth-order valence-corrected chi connectivity index (χ4v) is 5.42. The summed E-state index contributed by atoms with van der Waals surface area (Å²) < 4.78 is 0. The zero-order valence-corrected chi connectivity index (χ0v) is 15.8. The molecule has 0 saturated carbocycles. The second kappa shape index (κ2) is 18.7. The minimum absolute atomic E-state index is 0.299. The smallest absolute Gasteiger partial charge is 0.0326 e. The molecule has 0 rings (SSSR count). The molecule has 0 aromatic rings. The second-order valence-electron chi connectivity index (χ2n) is 6.26. The third-order valence-electron chi connectivity index (χ3n) is 4.15. The molecule has 0 aromatic carbocycles. The van der Waals surface area contributed by atoms with Gasteiger partial charge in [-0.05, 0) is 76.3 Å². The van der Waals surface area contributed by atoms with Crippen molar-refractivity contribution in [1.82, 2.24) is 0 Å². The average Bonchev–Trinajstić information content (AvgIpc) is 2.53. The molecule has 0 aliphatic heterocycles. The lowest BCUT2D eigenvalue weighted by Gasteiger charge is -2.18. The Kier molecular flexibility index (Phi) is 18.4. The van der Waals surface area contributed by atoms with Gasteiger partial charge in [-0.3, -0.25) is 0 Å². The summed E-state index contributed by atoms with van der Waals surface area (Å²) in [6, 6.07) is 0. The third kappa shape index (κ3) is 16.0. The first-order valence-electron chi connectivity index (χ1n) is 9.40. The van der Waals surface area contributed by atoms with Gasteiger partial charge in [0.2, 0.25) is 0 Å². The Morgan fingerprint density at radius 3 is 1.05 bits per heavy atom. The van der Waals surface area contributed by atoms with Crippen LogP contribution in [0.3, 0.4) is 0 Å². The molecule has 0 aromatic heterocycles. The van der Waals surface area contributed by atoms with E-state index in [1.165, 1.54) is 95.5 Å². The minimum Gasteiger partial charge on any atom is -0.107 e. The van der Waals surface area contributed by atoms with Crippen LogP contribution in [0.4, 0.5) is 0 Å². The van der Waals surface area contributed by atoms with E-state index >= 15 is 0 Å². The highest BCUT2D eigenvalue weighted by atomic mass is 31.1. The summed E-state index contributed by atoms with van der Waals surface area (Å²) >= 11 is 0. The number of allylic oxidation sites excluding steroid dienone is 3. The molecule has 0 spiro atoms. The van der Waals surface area contributed by atoms with Crippen LogP contribution in [0.25, 0.3) is 0 Å². The summed E-state index contributed by atoms with van der Waals surface area (Å²) in [5.74, 6) is 0. The van der Waals surface area contributed by atoms with E-state index in [4.69, 9.17) is 0 Å². The van der Waals surface area contributed by atoms with E-state index in [9.17, 15) is 0 Å². The molecule has 0 radical (unpaired) electrons. The van der Waals surface area contributed by atoms with Crippen molar-refractivity contribution in [3.8, 4) is 0 Å². The highest BCUT2D eigenvalue weighted by Gasteiger charge is 2.07. The first-order valence-corrected chi connectivity index (χ1v) is 11.3. The zero-order chi connectivity index (χ0) is 16.3. The fraction of sp³-hybridized carbons (Fsp3) is 0.714. The molecule has 0 nitrogen and oxygen atoms in total. The Hall–Kier alpha value is -0.350. The molecule has 0 heterocycles. The number of hydrogen-bond acceptors (Lipinski definition) is 0. The predicted molar refractivity (Wildman–Crippen MR) is 108 cm³/mol. The largest absolute Gasteiger partial charge is 0.107 e. The lowest BCUT2D eigenvalue weighted by Crippen LogP contribution is -1.97. The highest BCUT2D eigenvalue weighted by Crippen LogP contribution is 2.39. The molecule has 1 heteroatoms. The van der Waals surface area contributed by atoms with Crippen molar-refractivity contribution in [2.24, 2.45) is 0 Å². The van der Waals surface area contributed by atoms with E-state index in [2.05, 4.69) is 38.0 Å². The number of hydrogen-bond donors (Lipinski definition) is 0. The van der Waals surface area contributed by atoms with E-state index in [-0.39, 0.29) is 0 Å². The first kappa shape index (κ1) is 21.6. The lowest BCUT2D eigenvalue weighted by atomic mass is 10.2. The molecular formula is C21H39P. The summed E-state index contributed by atoms with van der Waals surface area (Å²) in [6.45, 7) is 11.4. The van der Waals surface area contributed by atoms with Gasteiger partial charge < -0.3 is 0 Å². The highest BCUT2D eigenvalue weighted by molar-refractivity contribution is 7.57. The number of rotatable bonds is 18. The second-order valence-corrected chi connectivity index (χ2v) is 8.94. The quantitative estimate of drug-likeness (QED) is 0.138. The monoisotopic (exact) mass is 322 g/mol.